The molecular weight excluding hydrogens is 543 g/mol. The van der Waals surface area contributed by atoms with Crippen molar-refractivity contribution >= 4 is 49.4 Å². The van der Waals surface area contributed by atoms with Gasteiger partial charge in [-0.3, -0.25) is 5.41 Å². The predicted molar refractivity (Wildman–Crippen MR) is 185 cm³/mol. The van der Waals surface area contributed by atoms with Gasteiger partial charge in [-0.25, -0.2) is 9.98 Å². The summed E-state index contributed by atoms with van der Waals surface area (Å²) < 4.78 is 2.66. The van der Waals surface area contributed by atoms with Gasteiger partial charge in [0.1, 0.15) is 0 Å². The molecule has 1 N–H and O–H groups in total. The van der Waals surface area contributed by atoms with E-state index in [1.165, 1.54) is 42.4 Å². The summed E-state index contributed by atoms with van der Waals surface area (Å²) in [6, 6.07) is 39.7. The van der Waals surface area contributed by atoms with Gasteiger partial charge >= 0.3 is 0 Å². The van der Waals surface area contributed by atoms with Crippen molar-refractivity contribution in [2.75, 3.05) is 0 Å². The summed E-state index contributed by atoms with van der Waals surface area (Å²) in [6.45, 7) is 9.49. The van der Waals surface area contributed by atoms with Gasteiger partial charge in [-0.05, 0) is 56.8 Å². The standard InChI is InChI=1S/C39H33N3S/c1-38(2)30-21-22-33-35(29-17-11-12-18-32(29)43-33)34(30)28-20-19-25(23-31(28)39(38,3)4)24-41-37(27-15-9-6-10-16-27)42-36(40)26-13-7-5-8-14-26/h5-24,40H,1-4H3. The maximum Gasteiger partial charge on any atom is 0.161 e. The van der Waals surface area contributed by atoms with E-state index >= 15 is 0 Å². The van der Waals surface area contributed by atoms with Crippen LogP contribution in [-0.2, 0) is 10.8 Å². The van der Waals surface area contributed by atoms with Gasteiger partial charge in [0, 0.05) is 37.5 Å². The second kappa shape index (κ2) is 10.3. The van der Waals surface area contributed by atoms with Gasteiger partial charge in [0.2, 0.25) is 0 Å². The molecule has 0 saturated heterocycles. The zero-order valence-electron chi connectivity index (χ0n) is 24.8. The highest BCUT2D eigenvalue weighted by Gasteiger charge is 2.46. The number of fused-ring (bicyclic) bond motifs is 7. The molecule has 0 radical (unpaired) electrons. The summed E-state index contributed by atoms with van der Waals surface area (Å²) in [4.78, 5) is 9.54. The molecule has 7 rings (SSSR count). The Morgan fingerprint density at radius 2 is 1.33 bits per heavy atom. The van der Waals surface area contributed by atoms with Gasteiger partial charge in [-0.1, -0.05) is 125 Å². The molecule has 6 aromatic rings. The van der Waals surface area contributed by atoms with Crippen molar-refractivity contribution in [3.63, 3.8) is 0 Å². The van der Waals surface area contributed by atoms with Crippen molar-refractivity contribution in [3.05, 3.63) is 143 Å². The van der Waals surface area contributed by atoms with Crippen LogP contribution < -0.4 is 0 Å². The monoisotopic (exact) mass is 575 g/mol. The van der Waals surface area contributed by atoms with Gasteiger partial charge in [0.15, 0.2) is 11.7 Å². The first-order chi connectivity index (χ1) is 20.8. The number of thiophene rings is 1. The fraction of sp³-hybridized carbons (Fsp3) is 0.154. The molecule has 1 aromatic heterocycles. The molecule has 43 heavy (non-hydrogen) atoms. The second-order valence-electron chi connectivity index (χ2n) is 12.3. The van der Waals surface area contributed by atoms with E-state index in [1.54, 1.807) is 0 Å². The molecular formula is C39H33N3S. The van der Waals surface area contributed by atoms with Crippen molar-refractivity contribution < 1.29 is 0 Å². The average molecular weight is 576 g/mol. The maximum absolute atomic E-state index is 8.63. The van der Waals surface area contributed by atoms with Crippen LogP contribution in [0, 0.1) is 5.41 Å². The number of benzene rings is 5. The molecule has 3 nitrogen and oxygen atoms in total. The molecule has 0 atom stereocenters. The normalized spacial score (nSPS) is 15.5. The zero-order chi connectivity index (χ0) is 29.8. The van der Waals surface area contributed by atoms with E-state index in [-0.39, 0.29) is 16.7 Å². The van der Waals surface area contributed by atoms with E-state index in [1.807, 2.05) is 78.2 Å². The van der Waals surface area contributed by atoms with Gasteiger partial charge in [0.05, 0.1) is 0 Å². The van der Waals surface area contributed by atoms with Crippen molar-refractivity contribution in [3.8, 4) is 11.1 Å². The van der Waals surface area contributed by atoms with Crippen LogP contribution in [0.2, 0.25) is 0 Å². The summed E-state index contributed by atoms with van der Waals surface area (Å²) in [5.74, 6) is 0.706. The molecule has 0 fully saturated rings. The summed E-state index contributed by atoms with van der Waals surface area (Å²) in [6.07, 6.45) is 1.89. The highest BCUT2D eigenvalue weighted by molar-refractivity contribution is 7.25. The first-order valence-electron chi connectivity index (χ1n) is 14.7. The first-order valence-corrected chi connectivity index (χ1v) is 15.5. The summed E-state index contributed by atoms with van der Waals surface area (Å²) in [5, 5.41) is 11.3. The van der Waals surface area contributed by atoms with E-state index in [0.29, 0.717) is 5.84 Å². The number of nitrogens with zero attached hydrogens (tertiary/aromatic N) is 2. The molecule has 0 saturated carbocycles. The Kier molecular flexibility index (Phi) is 6.48. The smallest absolute Gasteiger partial charge is 0.161 e. The number of nitrogens with one attached hydrogen (secondary N) is 1. The van der Waals surface area contributed by atoms with Crippen LogP contribution in [0.3, 0.4) is 0 Å². The molecule has 1 heterocycles. The second-order valence-corrected chi connectivity index (χ2v) is 13.4. The third-order valence-corrected chi connectivity index (χ3v) is 10.5. The molecule has 1 aliphatic rings. The molecule has 0 spiro atoms. The van der Waals surface area contributed by atoms with E-state index in [0.717, 1.165) is 16.7 Å². The molecule has 5 aromatic carbocycles. The quantitative estimate of drug-likeness (QED) is 0.161. The third-order valence-electron chi connectivity index (χ3n) is 9.40. The lowest BCUT2D eigenvalue weighted by Crippen LogP contribution is -2.43. The summed E-state index contributed by atoms with van der Waals surface area (Å²) in [5.41, 5.74) is 7.83. The van der Waals surface area contributed by atoms with Gasteiger partial charge in [0.25, 0.3) is 0 Å². The van der Waals surface area contributed by atoms with Crippen LogP contribution in [0.1, 0.15) is 55.5 Å². The summed E-state index contributed by atoms with van der Waals surface area (Å²) >= 11 is 1.87. The molecule has 1 aliphatic carbocycles. The molecule has 0 amide bonds. The SMILES string of the molecule is CC1(C)c2cc(C=NC(=NC(=N)c3ccccc3)c3ccccc3)ccc2-c2c(ccc3sc4ccccc4c23)C1(C)C. The van der Waals surface area contributed by atoms with Gasteiger partial charge in [-0.15, -0.1) is 11.3 Å². The van der Waals surface area contributed by atoms with E-state index in [4.69, 9.17) is 10.4 Å². The van der Waals surface area contributed by atoms with Crippen molar-refractivity contribution in [2.45, 2.75) is 38.5 Å². The van der Waals surface area contributed by atoms with Crippen LogP contribution in [-0.4, -0.2) is 17.9 Å². The van der Waals surface area contributed by atoms with Crippen LogP contribution in [0.15, 0.2) is 125 Å². The topological polar surface area (TPSA) is 48.6 Å². The Morgan fingerprint density at radius 3 is 2.07 bits per heavy atom. The van der Waals surface area contributed by atoms with Crippen LogP contribution in [0.4, 0.5) is 0 Å². The van der Waals surface area contributed by atoms with Crippen molar-refractivity contribution in [2.24, 2.45) is 9.98 Å². The minimum Gasteiger partial charge on any atom is -0.282 e. The molecule has 4 heteroatoms. The average Bonchev–Trinajstić information content (AvgIpc) is 3.41. The first kappa shape index (κ1) is 27.2. The van der Waals surface area contributed by atoms with Crippen LogP contribution >= 0.6 is 11.3 Å². The van der Waals surface area contributed by atoms with Crippen LogP contribution in [0.5, 0.6) is 0 Å². The Balaban J connectivity index is 1.37. The van der Waals surface area contributed by atoms with Crippen molar-refractivity contribution in [1.82, 2.24) is 0 Å². The fourth-order valence-corrected chi connectivity index (χ4v) is 7.44. The highest BCUT2D eigenvalue weighted by atomic mass is 32.1. The Bertz CT molecular complexity index is 2080. The van der Waals surface area contributed by atoms with E-state index in [9.17, 15) is 0 Å². The Labute approximate surface area is 256 Å². The van der Waals surface area contributed by atoms with E-state index < -0.39 is 0 Å². The number of rotatable bonds is 3. The lowest BCUT2D eigenvalue weighted by atomic mass is 9.55. The number of hydrogen-bond acceptors (Lipinski definition) is 2. The third kappa shape index (κ3) is 4.45. The number of amidine groups is 2. The Morgan fingerprint density at radius 1 is 0.674 bits per heavy atom. The molecule has 0 unspecified atom stereocenters. The highest BCUT2D eigenvalue weighted by Crippen LogP contribution is 2.56. The van der Waals surface area contributed by atoms with Crippen molar-refractivity contribution in [1.29, 1.82) is 5.41 Å². The predicted octanol–water partition coefficient (Wildman–Crippen LogP) is 10.2. The largest absolute Gasteiger partial charge is 0.282 e. The number of aliphatic imine (C=N–C) groups is 2. The minimum absolute atomic E-state index is 0.0935. The molecule has 210 valence electrons. The van der Waals surface area contributed by atoms with Gasteiger partial charge in [-0.2, -0.15) is 0 Å². The lowest BCUT2D eigenvalue weighted by Gasteiger charge is -2.48. The Hall–Kier alpha value is -4.67. The zero-order valence-corrected chi connectivity index (χ0v) is 25.7. The molecule has 0 bridgehead atoms. The summed E-state index contributed by atoms with van der Waals surface area (Å²) in [7, 11) is 0. The lowest BCUT2D eigenvalue weighted by molar-refractivity contribution is 0.299. The van der Waals surface area contributed by atoms with E-state index in [2.05, 4.69) is 87.3 Å². The minimum atomic E-state index is -0.121. The number of hydrogen-bond donors (Lipinski definition) is 1. The maximum atomic E-state index is 8.63. The van der Waals surface area contributed by atoms with Gasteiger partial charge < -0.3 is 0 Å². The fourth-order valence-electron chi connectivity index (χ4n) is 6.33. The van der Waals surface area contributed by atoms with Crippen LogP contribution in [0.25, 0.3) is 31.3 Å². The molecule has 0 aliphatic heterocycles.